The number of rotatable bonds is 4. The van der Waals surface area contributed by atoms with Crippen LogP contribution in [0.1, 0.15) is 20.7 Å². The van der Waals surface area contributed by atoms with Crippen LogP contribution in [0.15, 0.2) is 84.9 Å². The second-order valence-corrected chi connectivity index (χ2v) is 7.45. The summed E-state index contributed by atoms with van der Waals surface area (Å²) >= 11 is 12.1. The minimum absolute atomic E-state index is 0.237. The lowest BCUT2D eigenvalue weighted by Crippen LogP contribution is -2.20. The molecule has 4 aromatic rings. The van der Waals surface area contributed by atoms with Crippen LogP contribution in [0.25, 0.3) is 10.8 Å². The van der Waals surface area contributed by atoms with E-state index in [4.69, 9.17) is 23.2 Å². The van der Waals surface area contributed by atoms with E-state index in [-0.39, 0.29) is 17.0 Å². The predicted octanol–water partition coefficient (Wildman–Crippen LogP) is 6.65. The first-order valence-electron chi connectivity index (χ1n) is 9.17. The molecule has 0 fully saturated rings. The van der Waals surface area contributed by atoms with Gasteiger partial charge in [0.1, 0.15) is 0 Å². The van der Waals surface area contributed by atoms with Gasteiger partial charge in [0.25, 0.3) is 11.8 Å². The molecule has 0 aromatic heterocycles. The smallest absolute Gasteiger partial charge is 0.256 e. The Labute approximate surface area is 183 Å². The van der Waals surface area contributed by atoms with Gasteiger partial charge in [-0.05, 0) is 41.8 Å². The van der Waals surface area contributed by atoms with Crippen molar-refractivity contribution in [1.29, 1.82) is 0 Å². The molecule has 0 atom stereocenters. The van der Waals surface area contributed by atoms with Crippen molar-refractivity contribution in [3.05, 3.63) is 106 Å². The van der Waals surface area contributed by atoms with Crippen LogP contribution in [0.3, 0.4) is 0 Å². The van der Waals surface area contributed by atoms with Gasteiger partial charge < -0.3 is 10.6 Å². The van der Waals surface area contributed by atoms with Gasteiger partial charge in [0.15, 0.2) is 0 Å². The molecule has 2 N–H and O–H groups in total. The van der Waals surface area contributed by atoms with Crippen LogP contribution in [0.5, 0.6) is 0 Å². The fourth-order valence-corrected chi connectivity index (χ4v) is 3.64. The molecule has 4 aromatic carbocycles. The highest BCUT2D eigenvalue weighted by Gasteiger charge is 2.18. The highest BCUT2D eigenvalue weighted by atomic mass is 35.5. The quantitative estimate of drug-likeness (QED) is 0.377. The van der Waals surface area contributed by atoms with Crippen molar-refractivity contribution >= 4 is 57.2 Å². The highest BCUT2D eigenvalue weighted by Crippen LogP contribution is 2.27. The van der Waals surface area contributed by atoms with E-state index in [9.17, 15) is 9.59 Å². The molecule has 0 radical (unpaired) electrons. The van der Waals surface area contributed by atoms with Gasteiger partial charge in [-0.3, -0.25) is 9.59 Å². The van der Waals surface area contributed by atoms with Crippen LogP contribution in [-0.2, 0) is 0 Å². The summed E-state index contributed by atoms with van der Waals surface area (Å²) in [5.74, 6) is -0.817. The van der Waals surface area contributed by atoms with E-state index in [0.29, 0.717) is 21.4 Å². The molecule has 0 aliphatic carbocycles. The van der Waals surface area contributed by atoms with Crippen molar-refractivity contribution in [1.82, 2.24) is 0 Å². The van der Waals surface area contributed by atoms with Gasteiger partial charge in [0.2, 0.25) is 0 Å². The van der Waals surface area contributed by atoms with Crippen LogP contribution in [-0.4, -0.2) is 11.8 Å². The molecule has 30 heavy (non-hydrogen) atoms. The molecule has 0 spiro atoms. The van der Waals surface area contributed by atoms with E-state index in [2.05, 4.69) is 10.6 Å². The van der Waals surface area contributed by atoms with E-state index in [0.717, 1.165) is 10.8 Å². The number of benzene rings is 4. The fraction of sp³-hybridized carbons (Fsp3) is 0. The number of carbonyl (C=O) groups is 2. The molecule has 0 unspecified atom stereocenters. The zero-order valence-corrected chi connectivity index (χ0v) is 17.2. The van der Waals surface area contributed by atoms with Crippen LogP contribution >= 0.6 is 23.2 Å². The topological polar surface area (TPSA) is 58.2 Å². The van der Waals surface area contributed by atoms with Gasteiger partial charge in [0.05, 0.1) is 21.8 Å². The summed E-state index contributed by atoms with van der Waals surface area (Å²) in [6.07, 6.45) is 0. The summed E-state index contributed by atoms with van der Waals surface area (Å²) in [7, 11) is 0. The molecule has 6 heteroatoms. The Morgan fingerprint density at radius 2 is 1.23 bits per heavy atom. The van der Waals surface area contributed by atoms with Crippen molar-refractivity contribution in [3.63, 3.8) is 0 Å². The summed E-state index contributed by atoms with van der Waals surface area (Å²) in [4.78, 5) is 25.9. The number of hydrogen-bond acceptors (Lipinski definition) is 2. The Bertz CT molecular complexity index is 1270. The molecule has 0 saturated heterocycles. The first kappa shape index (κ1) is 20.0. The number of amides is 2. The highest BCUT2D eigenvalue weighted by molar-refractivity contribution is 6.37. The lowest BCUT2D eigenvalue weighted by atomic mass is 10.0. The maximum atomic E-state index is 13.0. The van der Waals surface area contributed by atoms with E-state index in [1.54, 1.807) is 36.4 Å². The van der Waals surface area contributed by atoms with E-state index >= 15 is 0 Å². The molecular formula is C24H16Cl2N2O2. The van der Waals surface area contributed by atoms with Crippen molar-refractivity contribution in [2.75, 3.05) is 10.6 Å². The van der Waals surface area contributed by atoms with Gasteiger partial charge in [-0.1, -0.05) is 71.7 Å². The maximum Gasteiger partial charge on any atom is 0.256 e. The minimum atomic E-state index is -0.442. The van der Waals surface area contributed by atoms with Crippen LogP contribution in [0.2, 0.25) is 10.0 Å². The van der Waals surface area contributed by atoms with E-state index in [1.807, 2.05) is 42.5 Å². The lowest BCUT2D eigenvalue weighted by molar-refractivity contribution is 0.0990. The Morgan fingerprint density at radius 3 is 1.93 bits per heavy atom. The number of halogens is 2. The standard InChI is InChI=1S/C24H16Cl2N2O2/c25-16-12-13-22(20(26)14-16)28-24(30)19-10-4-3-9-18(19)23(29)27-21-11-5-7-15-6-1-2-8-17(15)21/h1-14H,(H,27,29)(H,28,30). The largest absolute Gasteiger partial charge is 0.321 e. The zero-order valence-electron chi connectivity index (χ0n) is 15.7. The van der Waals surface area contributed by atoms with Gasteiger partial charge in [0, 0.05) is 16.1 Å². The number of anilines is 2. The fourth-order valence-electron chi connectivity index (χ4n) is 3.18. The Balaban J connectivity index is 1.62. The minimum Gasteiger partial charge on any atom is -0.321 e. The Kier molecular flexibility index (Phi) is 5.70. The number of hydrogen-bond donors (Lipinski definition) is 2. The number of fused-ring (bicyclic) bond motifs is 1. The van der Waals surface area contributed by atoms with Crippen LogP contribution < -0.4 is 10.6 Å². The average Bonchev–Trinajstić information content (AvgIpc) is 2.76. The van der Waals surface area contributed by atoms with E-state index < -0.39 is 5.91 Å². The second-order valence-electron chi connectivity index (χ2n) is 6.60. The molecule has 0 aliphatic rings. The molecule has 148 valence electrons. The summed E-state index contributed by atoms with van der Waals surface area (Å²) in [6.45, 7) is 0. The first-order chi connectivity index (χ1) is 14.5. The molecule has 2 amide bonds. The van der Waals surface area contributed by atoms with Crippen molar-refractivity contribution < 1.29 is 9.59 Å². The molecule has 0 bridgehead atoms. The summed E-state index contributed by atoms with van der Waals surface area (Å²) in [6, 6.07) is 24.8. The summed E-state index contributed by atoms with van der Waals surface area (Å²) in [5.41, 5.74) is 1.58. The molecule has 0 heterocycles. The second kappa shape index (κ2) is 8.57. The van der Waals surface area contributed by atoms with Crippen LogP contribution in [0, 0.1) is 0 Å². The third-order valence-electron chi connectivity index (χ3n) is 4.63. The van der Waals surface area contributed by atoms with Gasteiger partial charge in [-0.25, -0.2) is 0 Å². The molecule has 4 rings (SSSR count). The first-order valence-corrected chi connectivity index (χ1v) is 9.93. The van der Waals surface area contributed by atoms with Gasteiger partial charge >= 0.3 is 0 Å². The molecule has 0 aliphatic heterocycles. The number of carbonyl (C=O) groups excluding carboxylic acids is 2. The normalized spacial score (nSPS) is 10.6. The zero-order chi connectivity index (χ0) is 21.1. The summed E-state index contributed by atoms with van der Waals surface area (Å²) in [5, 5.41) is 8.36. The van der Waals surface area contributed by atoms with Crippen LogP contribution in [0.4, 0.5) is 11.4 Å². The number of nitrogens with one attached hydrogen (secondary N) is 2. The van der Waals surface area contributed by atoms with Crippen molar-refractivity contribution in [2.45, 2.75) is 0 Å². The van der Waals surface area contributed by atoms with Crippen molar-refractivity contribution in [3.8, 4) is 0 Å². The molecule has 0 saturated carbocycles. The Morgan fingerprint density at radius 1 is 0.633 bits per heavy atom. The lowest BCUT2D eigenvalue weighted by Gasteiger charge is -2.13. The molecular weight excluding hydrogens is 419 g/mol. The molecule has 4 nitrogen and oxygen atoms in total. The van der Waals surface area contributed by atoms with Gasteiger partial charge in [-0.15, -0.1) is 0 Å². The van der Waals surface area contributed by atoms with Crippen molar-refractivity contribution in [2.24, 2.45) is 0 Å². The average molecular weight is 435 g/mol. The van der Waals surface area contributed by atoms with E-state index in [1.165, 1.54) is 6.07 Å². The summed E-state index contributed by atoms with van der Waals surface area (Å²) < 4.78 is 0. The Hall–Kier alpha value is -3.34. The third kappa shape index (κ3) is 4.15. The SMILES string of the molecule is O=C(Nc1ccc(Cl)cc1Cl)c1ccccc1C(=O)Nc1cccc2ccccc12. The van der Waals surface area contributed by atoms with Gasteiger partial charge in [-0.2, -0.15) is 0 Å². The maximum absolute atomic E-state index is 13.0. The predicted molar refractivity (Wildman–Crippen MR) is 123 cm³/mol. The third-order valence-corrected chi connectivity index (χ3v) is 5.18. The monoisotopic (exact) mass is 434 g/mol.